The normalized spacial score (nSPS) is 17.2. The third-order valence-electron chi connectivity index (χ3n) is 4.62. The molecular weight excluding hydrogens is 346 g/mol. The Hall–Kier alpha value is -2.32. The van der Waals surface area contributed by atoms with Crippen LogP contribution in [0.2, 0.25) is 0 Å². The number of ether oxygens (including phenoxy) is 2. The minimum Gasteiger partial charge on any atom is -0.383 e. The maximum Gasteiger partial charge on any atom is 0.222 e. The highest BCUT2D eigenvalue weighted by Crippen LogP contribution is 2.19. The number of morpholine rings is 1. The summed E-state index contributed by atoms with van der Waals surface area (Å²) >= 11 is 0. The van der Waals surface area contributed by atoms with Crippen molar-refractivity contribution in [3.63, 3.8) is 0 Å². The third-order valence-corrected chi connectivity index (χ3v) is 4.62. The molecule has 2 aromatic rings. The van der Waals surface area contributed by atoms with Gasteiger partial charge >= 0.3 is 0 Å². The van der Waals surface area contributed by atoms with E-state index in [4.69, 9.17) is 9.47 Å². The van der Waals surface area contributed by atoms with Crippen molar-refractivity contribution in [3.05, 3.63) is 41.7 Å². The second kappa shape index (κ2) is 10.1. The van der Waals surface area contributed by atoms with Gasteiger partial charge in [-0.25, -0.2) is 0 Å². The Morgan fingerprint density at radius 2 is 2.15 bits per heavy atom. The maximum absolute atomic E-state index is 12.5. The molecule has 2 heterocycles. The van der Waals surface area contributed by atoms with E-state index in [0.717, 1.165) is 19.3 Å². The van der Waals surface area contributed by atoms with Crippen LogP contribution in [0.5, 0.6) is 0 Å². The average Bonchev–Trinajstić information content (AvgIpc) is 3.19. The van der Waals surface area contributed by atoms with Crippen LogP contribution in [-0.2, 0) is 27.2 Å². The van der Waals surface area contributed by atoms with Crippen molar-refractivity contribution in [2.75, 3.05) is 33.4 Å². The van der Waals surface area contributed by atoms with Crippen molar-refractivity contribution >= 4 is 5.91 Å². The lowest BCUT2D eigenvalue weighted by Gasteiger charge is -2.31. The molecule has 27 heavy (non-hydrogen) atoms. The molecule has 0 N–H and O–H groups in total. The Morgan fingerprint density at radius 3 is 2.96 bits per heavy atom. The van der Waals surface area contributed by atoms with Crippen LogP contribution in [0.25, 0.3) is 0 Å². The molecule has 0 saturated carbocycles. The second-order valence-electron chi connectivity index (χ2n) is 6.63. The van der Waals surface area contributed by atoms with Gasteiger partial charge in [0.05, 0.1) is 26.3 Å². The number of carbonyl (C=O) groups is 1. The van der Waals surface area contributed by atoms with E-state index in [-0.39, 0.29) is 12.0 Å². The average molecular weight is 373 g/mol. The van der Waals surface area contributed by atoms with Gasteiger partial charge < -0.3 is 14.4 Å². The minimum absolute atomic E-state index is 0.170. The summed E-state index contributed by atoms with van der Waals surface area (Å²) in [7, 11) is 1.63. The number of tetrazole rings is 1. The fourth-order valence-electron chi connectivity index (χ4n) is 3.09. The van der Waals surface area contributed by atoms with E-state index in [1.54, 1.807) is 7.11 Å². The Bertz CT molecular complexity index is 706. The van der Waals surface area contributed by atoms with Crippen LogP contribution in [0, 0.1) is 0 Å². The Balaban J connectivity index is 1.43. The first-order chi connectivity index (χ1) is 13.3. The lowest BCUT2D eigenvalue weighted by molar-refractivity contribution is -0.139. The van der Waals surface area contributed by atoms with Gasteiger partial charge in [0.1, 0.15) is 6.10 Å². The number of rotatable bonds is 9. The molecule has 0 radical (unpaired) electrons. The summed E-state index contributed by atoms with van der Waals surface area (Å²) in [5, 5.41) is 12.4. The van der Waals surface area contributed by atoms with Crippen LogP contribution in [0.15, 0.2) is 30.3 Å². The van der Waals surface area contributed by atoms with Gasteiger partial charge in [-0.2, -0.15) is 4.80 Å². The zero-order valence-corrected chi connectivity index (χ0v) is 15.8. The van der Waals surface area contributed by atoms with Crippen molar-refractivity contribution in [1.82, 2.24) is 25.1 Å². The number of methoxy groups -OCH3 is 1. The number of hydrogen-bond donors (Lipinski definition) is 0. The van der Waals surface area contributed by atoms with E-state index in [0.29, 0.717) is 45.1 Å². The molecule has 1 aromatic heterocycles. The number of hydrogen-bond acceptors (Lipinski definition) is 6. The number of aromatic nitrogens is 4. The number of unbranched alkanes of at least 4 members (excludes halogenated alkanes) is 1. The molecule has 1 aliphatic rings. The van der Waals surface area contributed by atoms with E-state index in [1.165, 1.54) is 10.4 Å². The van der Waals surface area contributed by atoms with Gasteiger partial charge in [0, 0.05) is 20.1 Å². The summed E-state index contributed by atoms with van der Waals surface area (Å²) in [5.74, 6) is 0.691. The number of benzene rings is 1. The Kier molecular flexibility index (Phi) is 7.29. The molecular formula is C19H27N5O3. The largest absolute Gasteiger partial charge is 0.383 e. The van der Waals surface area contributed by atoms with E-state index in [1.807, 2.05) is 23.1 Å². The summed E-state index contributed by atoms with van der Waals surface area (Å²) in [5.41, 5.74) is 1.32. The molecule has 1 aliphatic heterocycles. The van der Waals surface area contributed by atoms with Crippen LogP contribution in [0.4, 0.5) is 0 Å². The number of carbonyl (C=O) groups excluding carboxylic acids is 1. The van der Waals surface area contributed by atoms with Crippen LogP contribution < -0.4 is 0 Å². The highest BCUT2D eigenvalue weighted by molar-refractivity contribution is 5.76. The quantitative estimate of drug-likeness (QED) is 0.622. The second-order valence-corrected chi connectivity index (χ2v) is 6.63. The lowest BCUT2D eigenvalue weighted by Crippen LogP contribution is -2.42. The lowest BCUT2D eigenvalue weighted by atomic mass is 10.1. The minimum atomic E-state index is -0.316. The van der Waals surface area contributed by atoms with Gasteiger partial charge in [0.25, 0.3) is 0 Å². The van der Waals surface area contributed by atoms with E-state index >= 15 is 0 Å². The van der Waals surface area contributed by atoms with Crippen molar-refractivity contribution in [2.45, 2.75) is 38.3 Å². The fourth-order valence-corrected chi connectivity index (χ4v) is 3.09. The maximum atomic E-state index is 12.5. The molecule has 0 spiro atoms. The highest BCUT2D eigenvalue weighted by atomic mass is 16.5. The predicted octanol–water partition coefficient (Wildman–Crippen LogP) is 1.63. The zero-order valence-electron chi connectivity index (χ0n) is 15.8. The molecule has 0 bridgehead atoms. The fraction of sp³-hybridized carbons (Fsp3) is 0.579. The monoisotopic (exact) mass is 373 g/mol. The van der Waals surface area contributed by atoms with Crippen LogP contribution in [-0.4, -0.2) is 64.4 Å². The number of aryl methyl sites for hydroxylation is 1. The van der Waals surface area contributed by atoms with Crippen molar-refractivity contribution in [1.29, 1.82) is 0 Å². The molecule has 8 nitrogen and oxygen atoms in total. The van der Waals surface area contributed by atoms with Crippen molar-refractivity contribution in [3.8, 4) is 0 Å². The first kappa shape index (κ1) is 19.4. The molecule has 1 aromatic carbocycles. The molecule has 146 valence electrons. The SMILES string of the molecule is COCCn1nnc(C2CN(C(=O)CCCCc3ccccc3)CCO2)n1. The van der Waals surface area contributed by atoms with E-state index < -0.39 is 0 Å². The molecule has 8 heteroatoms. The standard InChI is InChI=1S/C19H27N5O3/c1-26-13-12-24-21-19(20-22-24)17-15-23(11-14-27-17)18(25)10-6-5-9-16-7-3-2-4-8-16/h2-4,7-8,17H,5-6,9-15H2,1H3. The molecule has 1 amide bonds. The molecule has 0 aliphatic carbocycles. The van der Waals surface area contributed by atoms with Gasteiger partial charge in [0.15, 0.2) is 0 Å². The van der Waals surface area contributed by atoms with E-state index in [2.05, 4.69) is 27.5 Å². The van der Waals surface area contributed by atoms with Gasteiger partial charge in [-0.3, -0.25) is 4.79 Å². The predicted molar refractivity (Wildman–Crippen MR) is 99.0 cm³/mol. The topological polar surface area (TPSA) is 82.4 Å². The third kappa shape index (κ3) is 5.83. The summed E-state index contributed by atoms with van der Waals surface area (Å²) in [6.07, 6.45) is 3.16. The van der Waals surface area contributed by atoms with Gasteiger partial charge in [-0.05, 0) is 30.0 Å². The van der Waals surface area contributed by atoms with Crippen molar-refractivity contribution < 1.29 is 14.3 Å². The summed E-state index contributed by atoms with van der Waals surface area (Å²) in [6, 6.07) is 10.4. The summed E-state index contributed by atoms with van der Waals surface area (Å²) < 4.78 is 10.8. The first-order valence-electron chi connectivity index (χ1n) is 9.46. The molecule has 1 atom stereocenters. The summed E-state index contributed by atoms with van der Waals surface area (Å²) in [4.78, 5) is 15.9. The van der Waals surface area contributed by atoms with Gasteiger partial charge in [-0.1, -0.05) is 30.3 Å². The smallest absolute Gasteiger partial charge is 0.222 e. The van der Waals surface area contributed by atoms with Gasteiger partial charge in [0.2, 0.25) is 11.7 Å². The molecule has 1 unspecified atom stereocenters. The van der Waals surface area contributed by atoms with Crippen molar-refractivity contribution in [2.24, 2.45) is 0 Å². The Labute approximate surface area is 159 Å². The molecule has 3 rings (SSSR count). The molecule has 1 saturated heterocycles. The highest BCUT2D eigenvalue weighted by Gasteiger charge is 2.28. The first-order valence-corrected chi connectivity index (χ1v) is 9.46. The summed E-state index contributed by atoms with van der Waals surface area (Å²) in [6.45, 7) is 2.65. The van der Waals surface area contributed by atoms with Crippen LogP contribution >= 0.6 is 0 Å². The van der Waals surface area contributed by atoms with Crippen LogP contribution in [0.1, 0.15) is 36.8 Å². The number of amides is 1. The van der Waals surface area contributed by atoms with Crippen LogP contribution in [0.3, 0.4) is 0 Å². The number of nitrogens with zero attached hydrogens (tertiary/aromatic N) is 5. The molecule has 1 fully saturated rings. The van der Waals surface area contributed by atoms with E-state index in [9.17, 15) is 4.79 Å². The van der Waals surface area contributed by atoms with Gasteiger partial charge in [-0.15, -0.1) is 10.2 Å². The Morgan fingerprint density at radius 1 is 1.30 bits per heavy atom. The zero-order chi connectivity index (χ0) is 18.9.